The molecular weight excluding hydrogens is 271 g/mol. The van der Waals surface area contributed by atoms with Gasteiger partial charge in [0.25, 0.3) is 0 Å². The van der Waals surface area contributed by atoms with Gasteiger partial charge in [-0.15, -0.1) is 0 Å². The summed E-state index contributed by atoms with van der Waals surface area (Å²) in [5.74, 6) is 0. The topological polar surface area (TPSA) is 53.2 Å². The number of urea groups is 1. The lowest BCUT2D eigenvalue weighted by molar-refractivity contribution is -0.137. The highest BCUT2D eigenvalue weighted by Crippen LogP contribution is 2.29. The largest absolute Gasteiger partial charge is 0.416 e. The smallest absolute Gasteiger partial charge is 0.331 e. The van der Waals surface area contributed by atoms with Crippen LogP contribution in [-0.2, 0) is 6.18 Å². The first-order valence-electron chi connectivity index (χ1n) is 6.26. The Balaban J connectivity index is 1.94. The Bertz CT molecular complexity index is 479. The van der Waals surface area contributed by atoms with Crippen molar-refractivity contribution in [2.45, 2.75) is 25.1 Å². The van der Waals surface area contributed by atoms with Gasteiger partial charge in [-0.2, -0.15) is 13.2 Å². The molecule has 4 nitrogen and oxygen atoms in total. The molecule has 1 atom stereocenters. The number of amides is 2. The van der Waals surface area contributed by atoms with Crippen molar-refractivity contribution in [3.8, 4) is 0 Å². The van der Waals surface area contributed by atoms with Gasteiger partial charge in [-0.1, -0.05) is 0 Å². The quantitative estimate of drug-likeness (QED) is 0.783. The summed E-state index contributed by atoms with van der Waals surface area (Å²) < 4.78 is 37.2. The van der Waals surface area contributed by atoms with Crippen LogP contribution in [0.5, 0.6) is 0 Å². The van der Waals surface area contributed by atoms with Crippen LogP contribution < -0.4 is 16.0 Å². The highest BCUT2D eigenvalue weighted by atomic mass is 19.4. The lowest BCUT2D eigenvalue weighted by Gasteiger charge is -2.24. The Morgan fingerprint density at radius 1 is 1.30 bits per heavy atom. The molecule has 110 valence electrons. The molecule has 0 radical (unpaired) electrons. The number of anilines is 1. The average Bonchev–Trinajstić information content (AvgIpc) is 2.74. The van der Waals surface area contributed by atoms with E-state index in [1.165, 1.54) is 12.1 Å². The third kappa shape index (κ3) is 3.63. The molecule has 0 aromatic heterocycles. The summed E-state index contributed by atoms with van der Waals surface area (Å²) in [5, 5.41) is 8.48. The van der Waals surface area contributed by atoms with Gasteiger partial charge >= 0.3 is 12.2 Å². The molecule has 0 saturated carbocycles. The third-order valence-corrected chi connectivity index (χ3v) is 3.25. The minimum Gasteiger partial charge on any atom is -0.331 e. The number of benzene rings is 1. The molecule has 1 fully saturated rings. The second kappa shape index (κ2) is 5.32. The molecule has 1 unspecified atom stereocenters. The normalized spacial score (nSPS) is 22.6. The van der Waals surface area contributed by atoms with E-state index in [-0.39, 0.29) is 5.54 Å². The Morgan fingerprint density at radius 3 is 2.45 bits per heavy atom. The first kappa shape index (κ1) is 14.6. The highest BCUT2D eigenvalue weighted by molar-refractivity contribution is 5.89. The molecule has 1 aliphatic rings. The molecule has 0 bridgehead atoms. The molecule has 0 spiro atoms. The number of nitrogens with one attached hydrogen (secondary N) is 3. The molecule has 1 aromatic carbocycles. The van der Waals surface area contributed by atoms with Gasteiger partial charge in [0.15, 0.2) is 0 Å². The van der Waals surface area contributed by atoms with Crippen molar-refractivity contribution in [1.29, 1.82) is 0 Å². The Morgan fingerprint density at radius 2 is 1.95 bits per heavy atom. The maximum Gasteiger partial charge on any atom is 0.416 e. The van der Waals surface area contributed by atoms with E-state index in [9.17, 15) is 18.0 Å². The number of hydrogen-bond donors (Lipinski definition) is 3. The van der Waals surface area contributed by atoms with E-state index < -0.39 is 17.8 Å². The first-order chi connectivity index (χ1) is 9.28. The van der Waals surface area contributed by atoms with Crippen LogP contribution in [0.4, 0.5) is 23.7 Å². The van der Waals surface area contributed by atoms with Crippen LogP contribution in [0.25, 0.3) is 0 Å². The summed E-state index contributed by atoms with van der Waals surface area (Å²) in [4.78, 5) is 11.8. The van der Waals surface area contributed by atoms with Crippen LogP contribution in [-0.4, -0.2) is 24.7 Å². The van der Waals surface area contributed by atoms with Crippen LogP contribution in [0.1, 0.15) is 18.9 Å². The van der Waals surface area contributed by atoms with E-state index >= 15 is 0 Å². The van der Waals surface area contributed by atoms with Crippen LogP contribution in [0, 0.1) is 0 Å². The molecule has 1 heterocycles. The van der Waals surface area contributed by atoms with E-state index in [2.05, 4.69) is 16.0 Å². The molecule has 7 heteroatoms. The fourth-order valence-electron chi connectivity index (χ4n) is 2.10. The number of alkyl halides is 3. The summed E-state index contributed by atoms with van der Waals surface area (Å²) in [5.41, 5.74) is -0.740. The molecule has 3 N–H and O–H groups in total. The van der Waals surface area contributed by atoms with Gasteiger partial charge in [0.1, 0.15) is 0 Å². The zero-order chi connectivity index (χ0) is 14.8. The minimum absolute atomic E-state index is 0.323. The van der Waals surface area contributed by atoms with Crippen LogP contribution in [0.2, 0.25) is 0 Å². The van der Waals surface area contributed by atoms with Crippen LogP contribution >= 0.6 is 0 Å². The minimum atomic E-state index is -4.37. The Labute approximate surface area is 114 Å². The van der Waals surface area contributed by atoms with E-state index in [0.29, 0.717) is 12.2 Å². The average molecular weight is 287 g/mol. The summed E-state index contributed by atoms with van der Waals surface area (Å²) in [6, 6.07) is 3.93. The van der Waals surface area contributed by atoms with E-state index in [1.54, 1.807) is 0 Å². The maximum atomic E-state index is 12.4. The zero-order valence-electron chi connectivity index (χ0n) is 11.0. The summed E-state index contributed by atoms with van der Waals surface area (Å²) in [6.45, 7) is 3.42. The van der Waals surface area contributed by atoms with E-state index in [4.69, 9.17) is 0 Å². The number of carbonyl (C=O) groups is 1. The molecule has 0 aliphatic carbocycles. The second-order valence-corrected chi connectivity index (χ2v) is 5.14. The summed E-state index contributed by atoms with van der Waals surface area (Å²) >= 11 is 0. The SMILES string of the molecule is CC1(NC(=O)Nc2ccc(C(F)(F)F)cc2)CCNC1. The van der Waals surface area contributed by atoms with Crippen molar-refractivity contribution < 1.29 is 18.0 Å². The Kier molecular flexibility index (Phi) is 3.89. The molecule has 2 amide bonds. The fourth-order valence-corrected chi connectivity index (χ4v) is 2.10. The first-order valence-corrected chi connectivity index (χ1v) is 6.26. The van der Waals surface area contributed by atoms with Crippen molar-refractivity contribution in [1.82, 2.24) is 10.6 Å². The number of rotatable bonds is 2. The summed E-state index contributed by atoms with van der Waals surface area (Å²) in [6.07, 6.45) is -3.56. The lowest BCUT2D eigenvalue weighted by atomic mass is 10.0. The molecular formula is C13H16F3N3O. The van der Waals surface area contributed by atoms with Gasteiger partial charge in [-0.05, 0) is 44.2 Å². The predicted octanol–water partition coefficient (Wildman–Crippen LogP) is 2.58. The number of carbonyl (C=O) groups excluding carboxylic acids is 1. The fraction of sp³-hybridized carbons (Fsp3) is 0.462. The van der Waals surface area contributed by atoms with Gasteiger partial charge in [0, 0.05) is 12.2 Å². The van der Waals surface area contributed by atoms with Crippen molar-refractivity contribution in [2.24, 2.45) is 0 Å². The molecule has 1 aliphatic heterocycles. The van der Waals surface area contributed by atoms with Crippen molar-refractivity contribution in [3.63, 3.8) is 0 Å². The molecule has 20 heavy (non-hydrogen) atoms. The molecule has 2 rings (SSSR count). The number of hydrogen-bond acceptors (Lipinski definition) is 2. The standard InChI is InChI=1S/C13H16F3N3O/c1-12(6-7-17-8-12)19-11(20)18-10-4-2-9(3-5-10)13(14,15)16/h2-5,17H,6-8H2,1H3,(H2,18,19,20). The van der Waals surface area contributed by atoms with Crippen molar-refractivity contribution in [3.05, 3.63) is 29.8 Å². The molecule has 1 saturated heterocycles. The predicted molar refractivity (Wildman–Crippen MR) is 69.5 cm³/mol. The monoisotopic (exact) mass is 287 g/mol. The highest BCUT2D eigenvalue weighted by Gasteiger charge is 2.31. The second-order valence-electron chi connectivity index (χ2n) is 5.14. The van der Waals surface area contributed by atoms with Crippen LogP contribution in [0.15, 0.2) is 24.3 Å². The van der Waals surface area contributed by atoms with E-state index in [0.717, 1.165) is 25.1 Å². The molecule has 1 aromatic rings. The zero-order valence-corrected chi connectivity index (χ0v) is 11.0. The maximum absolute atomic E-state index is 12.4. The summed E-state index contributed by atoms with van der Waals surface area (Å²) in [7, 11) is 0. The van der Waals surface area contributed by atoms with Crippen molar-refractivity contribution in [2.75, 3.05) is 18.4 Å². The van der Waals surface area contributed by atoms with Gasteiger partial charge in [-0.3, -0.25) is 0 Å². The van der Waals surface area contributed by atoms with E-state index in [1.807, 2.05) is 6.92 Å². The van der Waals surface area contributed by atoms with Gasteiger partial charge in [-0.25, -0.2) is 4.79 Å². The number of halogens is 3. The lowest BCUT2D eigenvalue weighted by Crippen LogP contribution is -2.49. The van der Waals surface area contributed by atoms with Gasteiger partial charge < -0.3 is 16.0 Å². The Hall–Kier alpha value is -1.76. The van der Waals surface area contributed by atoms with Crippen LogP contribution in [0.3, 0.4) is 0 Å². The third-order valence-electron chi connectivity index (χ3n) is 3.25. The van der Waals surface area contributed by atoms with Crippen molar-refractivity contribution >= 4 is 11.7 Å². The van der Waals surface area contributed by atoms with Gasteiger partial charge in [0.2, 0.25) is 0 Å². The van der Waals surface area contributed by atoms with Gasteiger partial charge in [0.05, 0.1) is 11.1 Å².